The molecule has 1 aromatic heterocycles. The van der Waals surface area contributed by atoms with Gasteiger partial charge in [-0.2, -0.15) is 0 Å². The highest BCUT2D eigenvalue weighted by molar-refractivity contribution is 7.91. The van der Waals surface area contributed by atoms with Crippen molar-refractivity contribution < 1.29 is 18.3 Å². The summed E-state index contributed by atoms with van der Waals surface area (Å²) in [7, 11) is -3.09. The molecule has 2 aromatic rings. The lowest BCUT2D eigenvalue weighted by Gasteiger charge is -2.26. The van der Waals surface area contributed by atoms with E-state index in [1.54, 1.807) is 4.90 Å². The van der Waals surface area contributed by atoms with Crippen LogP contribution >= 0.6 is 0 Å². The summed E-state index contributed by atoms with van der Waals surface area (Å²) in [6, 6.07) is 5.44. The Balaban J connectivity index is 2.06. The first-order chi connectivity index (χ1) is 12.2. The zero-order valence-electron chi connectivity index (χ0n) is 15.0. The Morgan fingerprint density at radius 1 is 1.35 bits per heavy atom. The van der Waals surface area contributed by atoms with Crippen LogP contribution in [0.4, 0.5) is 5.82 Å². The van der Waals surface area contributed by atoms with Gasteiger partial charge in [0.05, 0.1) is 17.2 Å². The van der Waals surface area contributed by atoms with Gasteiger partial charge in [0.1, 0.15) is 0 Å². The quantitative estimate of drug-likeness (QED) is 0.842. The second-order valence-corrected chi connectivity index (χ2v) is 8.83. The summed E-state index contributed by atoms with van der Waals surface area (Å²) < 4.78 is 23.7. The Labute approximate surface area is 152 Å². The van der Waals surface area contributed by atoms with Crippen LogP contribution in [0.1, 0.15) is 35.0 Å². The van der Waals surface area contributed by atoms with Gasteiger partial charge in [-0.05, 0) is 38.8 Å². The number of hydrogen-bond acceptors (Lipinski definition) is 6. The molecule has 0 aliphatic carbocycles. The predicted octanol–water partition coefficient (Wildman–Crippen LogP) is 1.60. The van der Waals surface area contributed by atoms with E-state index in [1.807, 2.05) is 39.0 Å². The average Bonchev–Trinajstić information content (AvgIpc) is 3.12. The smallest absolute Gasteiger partial charge is 0.360 e. The number of sulfone groups is 1. The number of hydrogen-bond donors (Lipinski definition) is 1. The summed E-state index contributed by atoms with van der Waals surface area (Å²) in [4.78, 5) is 14.8. The van der Waals surface area contributed by atoms with Gasteiger partial charge in [0, 0.05) is 12.6 Å². The molecule has 1 aliphatic heterocycles. The molecule has 1 fully saturated rings. The molecule has 1 atom stereocenters. The first kappa shape index (κ1) is 18.4. The van der Waals surface area contributed by atoms with Crippen LogP contribution in [0.25, 0.3) is 5.69 Å². The van der Waals surface area contributed by atoms with Crippen molar-refractivity contribution in [1.82, 2.24) is 15.0 Å². The Morgan fingerprint density at radius 3 is 2.62 bits per heavy atom. The standard InChI is InChI=1S/C17H22N4O4S/c1-4-20(13-7-8-26(24,25)10-13)16-15(17(22)23)18-21(19-16)14-6-5-11(2)9-12(14)3/h5-6,9,13H,4,7-8,10H2,1-3H3,(H,22,23). The fourth-order valence-corrected chi connectivity index (χ4v) is 5.10. The van der Waals surface area contributed by atoms with Gasteiger partial charge in [-0.15, -0.1) is 15.0 Å². The molecular formula is C17H22N4O4S. The van der Waals surface area contributed by atoms with Gasteiger partial charge in [0.2, 0.25) is 5.69 Å². The molecule has 1 saturated heterocycles. The predicted molar refractivity (Wildman–Crippen MR) is 97.9 cm³/mol. The van der Waals surface area contributed by atoms with Crippen LogP contribution in [-0.2, 0) is 9.84 Å². The minimum Gasteiger partial charge on any atom is -0.476 e. The Kier molecular flexibility index (Phi) is 4.74. The molecule has 0 bridgehead atoms. The van der Waals surface area contributed by atoms with Gasteiger partial charge in [0.15, 0.2) is 15.7 Å². The SMILES string of the molecule is CCN(c1nn(-c2ccc(C)cc2C)nc1C(=O)O)C1CCS(=O)(=O)C1. The number of carboxylic acid groups (broad SMARTS) is 1. The van der Waals surface area contributed by atoms with Crippen molar-refractivity contribution in [3.8, 4) is 5.69 Å². The fraction of sp³-hybridized carbons (Fsp3) is 0.471. The third-order valence-electron chi connectivity index (χ3n) is 4.63. The summed E-state index contributed by atoms with van der Waals surface area (Å²) in [6.07, 6.45) is 0.464. The first-order valence-corrected chi connectivity index (χ1v) is 10.3. The second kappa shape index (κ2) is 6.71. The van der Waals surface area contributed by atoms with E-state index in [-0.39, 0.29) is 29.1 Å². The highest BCUT2D eigenvalue weighted by Crippen LogP contribution is 2.26. The number of nitrogens with zero attached hydrogens (tertiary/aromatic N) is 4. The number of rotatable bonds is 5. The summed E-state index contributed by atoms with van der Waals surface area (Å²) in [6.45, 7) is 6.19. The van der Waals surface area contributed by atoms with Crippen molar-refractivity contribution in [2.75, 3.05) is 23.0 Å². The minimum atomic E-state index is -3.09. The lowest BCUT2D eigenvalue weighted by Crippen LogP contribution is -2.37. The van der Waals surface area contributed by atoms with E-state index >= 15 is 0 Å². The number of carboxylic acids is 1. The van der Waals surface area contributed by atoms with Crippen LogP contribution in [0, 0.1) is 13.8 Å². The maximum absolute atomic E-state index is 11.8. The van der Waals surface area contributed by atoms with Gasteiger partial charge >= 0.3 is 5.97 Å². The van der Waals surface area contributed by atoms with Gasteiger partial charge in [-0.1, -0.05) is 17.7 Å². The number of aromatic nitrogens is 3. The number of aromatic carboxylic acids is 1. The van der Waals surface area contributed by atoms with Crippen LogP contribution in [0.5, 0.6) is 0 Å². The third kappa shape index (κ3) is 3.44. The lowest BCUT2D eigenvalue weighted by molar-refractivity contribution is 0.0690. The van der Waals surface area contributed by atoms with E-state index in [0.29, 0.717) is 18.7 Å². The molecule has 0 amide bonds. The number of aryl methyl sites for hydroxylation is 2. The van der Waals surface area contributed by atoms with Crippen molar-refractivity contribution in [3.05, 3.63) is 35.0 Å². The molecule has 9 heteroatoms. The molecule has 26 heavy (non-hydrogen) atoms. The van der Waals surface area contributed by atoms with Crippen molar-refractivity contribution in [3.63, 3.8) is 0 Å². The van der Waals surface area contributed by atoms with Crippen LogP contribution in [0.15, 0.2) is 18.2 Å². The fourth-order valence-electron chi connectivity index (χ4n) is 3.37. The summed E-state index contributed by atoms with van der Waals surface area (Å²) in [5.41, 5.74) is 2.54. The molecule has 1 aliphatic rings. The molecule has 1 N–H and O–H groups in total. The van der Waals surface area contributed by atoms with Crippen LogP contribution in [0.3, 0.4) is 0 Å². The van der Waals surface area contributed by atoms with Gasteiger partial charge in [-0.3, -0.25) is 0 Å². The minimum absolute atomic E-state index is 0.0102. The lowest BCUT2D eigenvalue weighted by atomic mass is 10.1. The molecule has 0 spiro atoms. The first-order valence-electron chi connectivity index (χ1n) is 8.47. The number of benzene rings is 1. The highest BCUT2D eigenvalue weighted by atomic mass is 32.2. The molecule has 1 aromatic carbocycles. The maximum atomic E-state index is 11.8. The van der Waals surface area contributed by atoms with E-state index in [2.05, 4.69) is 10.2 Å². The van der Waals surface area contributed by atoms with Crippen molar-refractivity contribution in [1.29, 1.82) is 0 Å². The average molecular weight is 378 g/mol. The molecule has 3 rings (SSSR count). The van der Waals surface area contributed by atoms with E-state index in [4.69, 9.17) is 0 Å². The maximum Gasteiger partial charge on any atom is 0.360 e. The Hall–Kier alpha value is -2.42. The zero-order valence-corrected chi connectivity index (χ0v) is 15.8. The van der Waals surface area contributed by atoms with E-state index in [1.165, 1.54) is 4.80 Å². The monoisotopic (exact) mass is 378 g/mol. The topological polar surface area (TPSA) is 105 Å². The van der Waals surface area contributed by atoms with Crippen molar-refractivity contribution in [2.24, 2.45) is 0 Å². The van der Waals surface area contributed by atoms with E-state index < -0.39 is 15.8 Å². The van der Waals surface area contributed by atoms with Gasteiger partial charge < -0.3 is 10.0 Å². The molecule has 140 valence electrons. The van der Waals surface area contributed by atoms with Gasteiger partial charge in [-0.25, -0.2) is 13.2 Å². The third-order valence-corrected chi connectivity index (χ3v) is 6.38. The normalized spacial score (nSPS) is 18.8. The van der Waals surface area contributed by atoms with E-state index in [9.17, 15) is 18.3 Å². The number of carbonyl (C=O) groups is 1. The zero-order chi connectivity index (χ0) is 19.1. The summed E-state index contributed by atoms with van der Waals surface area (Å²) in [5.74, 6) is -0.852. The largest absolute Gasteiger partial charge is 0.476 e. The van der Waals surface area contributed by atoms with Gasteiger partial charge in [0.25, 0.3) is 0 Å². The Morgan fingerprint density at radius 2 is 2.08 bits per heavy atom. The molecule has 0 saturated carbocycles. The van der Waals surface area contributed by atoms with Crippen LogP contribution < -0.4 is 4.90 Å². The Bertz CT molecular complexity index is 952. The van der Waals surface area contributed by atoms with Crippen molar-refractivity contribution in [2.45, 2.75) is 33.2 Å². The molecule has 1 unspecified atom stereocenters. The molecule has 2 heterocycles. The highest BCUT2D eigenvalue weighted by Gasteiger charge is 2.35. The van der Waals surface area contributed by atoms with E-state index in [0.717, 1.165) is 11.1 Å². The van der Waals surface area contributed by atoms with Crippen LogP contribution in [-0.4, -0.2) is 58.6 Å². The van der Waals surface area contributed by atoms with Crippen LogP contribution in [0.2, 0.25) is 0 Å². The van der Waals surface area contributed by atoms with Crippen molar-refractivity contribution >= 4 is 21.6 Å². The second-order valence-electron chi connectivity index (χ2n) is 6.60. The molecule has 8 nitrogen and oxygen atoms in total. The summed E-state index contributed by atoms with van der Waals surface area (Å²) in [5, 5.41) is 18.1. The molecular weight excluding hydrogens is 356 g/mol. The number of anilines is 1. The summed E-state index contributed by atoms with van der Waals surface area (Å²) >= 11 is 0. The molecule has 0 radical (unpaired) electrons.